The van der Waals surface area contributed by atoms with E-state index in [4.69, 9.17) is 9.47 Å². The summed E-state index contributed by atoms with van der Waals surface area (Å²) in [5.74, 6) is 4.05. The largest absolute Gasteiger partial charge is 0.496 e. The highest BCUT2D eigenvalue weighted by Gasteiger charge is 2.23. The van der Waals surface area contributed by atoms with E-state index in [0.717, 1.165) is 48.1 Å². The molecule has 0 spiro atoms. The van der Waals surface area contributed by atoms with E-state index in [0.29, 0.717) is 6.54 Å². The van der Waals surface area contributed by atoms with Crippen molar-refractivity contribution >= 4 is 0 Å². The van der Waals surface area contributed by atoms with Gasteiger partial charge in [0.25, 0.3) is 0 Å². The van der Waals surface area contributed by atoms with Crippen molar-refractivity contribution in [2.24, 2.45) is 0 Å². The SMILES string of the molecule is COc1cc2c(cc1CN[C@H](C)c1nnc3n1CCCC3)O[C@H](C)C2. The van der Waals surface area contributed by atoms with Gasteiger partial charge in [-0.3, -0.25) is 0 Å². The van der Waals surface area contributed by atoms with E-state index in [-0.39, 0.29) is 12.1 Å². The van der Waals surface area contributed by atoms with Crippen molar-refractivity contribution < 1.29 is 9.47 Å². The Hall–Kier alpha value is -2.08. The average Bonchev–Trinajstić information content (AvgIpc) is 3.20. The molecule has 0 saturated carbocycles. The third-order valence-electron chi connectivity index (χ3n) is 5.17. The summed E-state index contributed by atoms with van der Waals surface area (Å²) >= 11 is 0. The van der Waals surface area contributed by atoms with Crippen molar-refractivity contribution in [2.75, 3.05) is 7.11 Å². The molecular formula is C19H26N4O2. The summed E-state index contributed by atoms with van der Waals surface area (Å²) < 4.78 is 13.8. The maximum Gasteiger partial charge on any atom is 0.149 e. The Morgan fingerprint density at radius 1 is 1.36 bits per heavy atom. The zero-order chi connectivity index (χ0) is 17.4. The first-order chi connectivity index (χ1) is 12.2. The van der Waals surface area contributed by atoms with Crippen LogP contribution in [0, 0.1) is 0 Å². The van der Waals surface area contributed by atoms with Crippen LogP contribution in [0.1, 0.15) is 55.5 Å². The van der Waals surface area contributed by atoms with Gasteiger partial charge in [-0.25, -0.2) is 0 Å². The Morgan fingerprint density at radius 2 is 2.24 bits per heavy atom. The Labute approximate surface area is 148 Å². The molecule has 0 bridgehead atoms. The van der Waals surface area contributed by atoms with Crippen LogP contribution in [-0.4, -0.2) is 28.0 Å². The quantitative estimate of drug-likeness (QED) is 0.905. The first-order valence-corrected chi connectivity index (χ1v) is 9.17. The van der Waals surface area contributed by atoms with Crippen LogP contribution in [0.2, 0.25) is 0 Å². The van der Waals surface area contributed by atoms with E-state index < -0.39 is 0 Å². The normalized spacial score (nSPS) is 19.9. The molecule has 0 fully saturated rings. The van der Waals surface area contributed by atoms with Crippen molar-refractivity contribution in [2.45, 2.75) is 64.8 Å². The van der Waals surface area contributed by atoms with Gasteiger partial charge < -0.3 is 19.4 Å². The summed E-state index contributed by atoms with van der Waals surface area (Å²) in [5, 5.41) is 12.3. The minimum absolute atomic E-state index is 0.136. The molecule has 1 aromatic carbocycles. The predicted octanol–water partition coefficient (Wildman–Crippen LogP) is 2.80. The van der Waals surface area contributed by atoms with Gasteiger partial charge >= 0.3 is 0 Å². The number of hydrogen-bond donors (Lipinski definition) is 1. The first kappa shape index (κ1) is 16.4. The van der Waals surface area contributed by atoms with Crippen molar-refractivity contribution in [3.63, 3.8) is 0 Å². The summed E-state index contributed by atoms with van der Waals surface area (Å²) in [4.78, 5) is 0. The van der Waals surface area contributed by atoms with E-state index in [1.165, 1.54) is 18.4 Å². The maximum atomic E-state index is 5.89. The molecule has 0 saturated heterocycles. The molecule has 1 N–H and O–H groups in total. The van der Waals surface area contributed by atoms with Crippen molar-refractivity contribution in [1.29, 1.82) is 0 Å². The van der Waals surface area contributed by atoms with Gasteiger partial charge in [0.05, 0.1) is 13.2 Å². The topological polar surface area (TPSA) is 61.2 Å². The molecule has 6 nitrogen and oxygen atoms in total. The maximum absolute atomic E-state index is 5.89. The van der Waals surface area contributed by atoms with Crippen molar-refractivity contribution in [3.8, 4) is 11.5 Å². The van der Waals surface area contributed by atoms with E-state index in [1.54, 1.807) is 7.11 Å². The summed E-state index contributed by atoms with van der Waals surface area (Å²) in [6, 6.07) is 4.35. The number of benzene rings is 1. The minimum atomic E-state index is 0.136. The lowest BCUT2D eigenvalue weighted by Gasteiger charge is -2.19. The number of rotatable bonds is 5. The van der Waals surface area contributed by atoms with Crippen LogP contribution in [0.5, 0.6) is 11.5 Å². The highest BCUT2D eigenvalue weighted by Crippen LogP contribution is 2.35. The Kier molecular flexibility index (Phi) is 4.37. The van der Waals surface area contributed by atoms with E-state index in [1.807, 2.05) is 0 Å². The molecule has 0 unspecified atom stereocenters. The molecule has 0 aliphatic carbocycles. The van der Waals surface area contributed by atoms with Crippen LogP contribution in [0.15, 0.2) is 12.1 Å². The summed E-state index contributed by atoms with van der Waals surface area (Å²) in [6.07, 6.45) is 4.64. The fraction of sp³-hybridized carbons (Fsp3) is 0.579. The molecule has 2 aromatic rings. The third kappa shape index (κ3) is 3.11. The zero-order valence-electron chi connectivity index (χ0n) is 15.2. The number of methoxy groups -OCH3 is 1. The van der Waals surface area contributed by atoms with E-state index >= 15 is 0 Å². The Balaban J connectivity index is 1.50. The molecular weight excluding hydrogens is 316 g/mol. The van der Waals surface area contributed by atoms with Gasteiger partial charge in [0.2, 0.25) is 0 Å². The molecule has 4 rings (SSSR count). The lowest BCUT2D eigenvalue weighted by atomic mass is 10.1. The molecule has 0 radical (unpaired) electrons. The standard InChI is InChI=1S/C19H26N4O2/c1-12-8-14-9-16(24-3)15(10-17(14)25-12)11-20-13(2)19-22-21-18-6-4-5-7-23(18)19/h9-10,12-13,20H,4-8,11H2,1-3H3/t12-,13-/m1/s1. The number of nitrogens with zero attached hydrogens (tertiary/aromatic N) is 3. The fourth-order valence-corrected chi connectivity index (χ4v) is 3.82. The average molecular weight is 342 g/mol. The van der Waals surface area contributed by atoms with E-state index in [9.17, 15) is 0 Å². The van der Waals surface area contributed by atoms with Gasteiger partial charge in [-0.1, -0.05) is 0 Å². The molecule has 1 aromatic heterocycles. The molecule has 3 heterocycles. The smallest absolute Gasteiger partial charge is 0.149 e. The number of aryl methyl sites for hydroxylation is 1. The van der Waals surface area contributed by atoms with Gasteiger partial charge in [-0.15, -0.1) is 10.2 Å². The summed E-state index contributed by atoms with van der Waals surface area (Å²) in [6.45, 7) is 5.97. The highest BCUT2D eigenvalue weighted by molar-refractivity contribution is 5.48. The fourth-order valence-electron chi connectivity index (χ4n) is 3.82. The van der Waals surface area contributed by atoms with Crippen LogP contribution < -0.4 is 14.8 Å². The molecule has 0 amide bonds. The molecule has 2 aliphatic heterocycles. The second-order valence-corrected chi connectivity index (χ2v) is 7.09. The van der Waals surface area contributed by atoms with Crippen molar-refractivity contribution in [3.05, 3.63) is 34.9 Å². The lowest BCUT2D eigenvalue weighted by Crippen LogP contribution is -2.23. The third-order valence-corrected chi connectivity index (χ3v) is 5.17. The van der Waals surface area contributed by atoms with Crippen LogP contribution >= 0.6 is 0 Å². The van der Waals surface area contributed by atoms with Crippen LogP contribution in [0.25, 0.3) is 0 Å². The minimum Gasteiger partial charge on any atom is -0.496 e. The van der Waals surface area contributed by atoms with Crippen LogP contribution in [0.4, 0.5) is 0 Å². The lowest BCUT2D eigenvalue weighted by molar-refractivity contribution is 0.254. The van der Waals surface area contributed by atoms with Crippen LogP contribution in [0.3, 0.4) is 0 Å². The Morgan fingerprint density at radius 3 is 3.08 bits per heavy atom. The Bertz CT molecular complexity index is 771. The van der Waals surface area contributed by atoms with Gasteiger partial charge in [-0.2, -0.15) is 0 Å². The van der Waals surface area contributed by atoms with Crippen LogP contribution in [-0.2, 0) is 25.9 Å². The first-order valence-electron chi connectivity index (χ1n) is 9.17. The molecule has 25 heavy (non-hydrogen) atoms. The van der Waals surface area contributed by atoms with Gasteiger partial charge in [0, 0.05) is 37.1 Å². The number of aromatic nitrogens is 3. The number of nitrogens with one attached hydrogen (secondary N) is 1. The molecule has 2 aliphatic rings. The second kappa shape index (κ2) is 6.67. The van der Waals surface area contributed by atoms with Gasteiger partial charge in [0.1, 0.15) is 29.3 Å². The summed E-state index contributed by atoms with van der Waals surface area (Å²) in [5.41, 5.74) is 2.34. The predicted molar refractivity (Wildman–Crippen MR) is 95.0 cm³/mol. The number of fused-ring (bicyclic) bond motifs is 2. The van der Waals surface area contributed by atoms with Gasteiger partial charge in [-0.05, 0) is 38.8 Å². The number of hydrogen-bond acceptors (Lipinski definition) is 5. The molecule has 134 valence electrons. The molecule has 6 heteroatoms. The monoisotopic (exact) mass is 342 g/mol. The van der Waals surface area contributed by atoms with Gasteiger partial charge in [0.15, 0.2) is 0 Å². The second-order valence-electron chi connectivity index (χ2n) is 7.09. The van der Waals surface area contributed by atoms with Crippen molar-refractivity contribution in [1.82, 2.24) is 20.1 Å². The number of ether oxygens (including phenoxy) is 2. The highest BCUT2D eigenvalue weighted by atomic mass is 16.5. The zero-order valence-corrected chi connectivity index (χ0v) is 15.2. The van der Waals surface area contributed by atoms with E-state index in [2.05, 4.69) is 46.1 Å². The summed E-state index contributed by atoms with van der Waals surface area (Å²) in [7, 11) is 1.72. The molecule has 2 atom stereocenters.